The van der Waals surface area contributed by atoms with Gasteiger partial charge in [-0.3, -0.25) is 9.78 Å². The normalized spacial score (nSPS) is 12.7. The lowest BCUT2D eigenvalue weighted by molar-refractivity contribution is 0.0634. The number of rotatable bonds is 4. The van der Waals surface area contributed by atoms with E-state index in [1.54, 1.807) is 10.8 Å². The van der Waals surface area contributed by atoms with Crippen LogP contribution in [0.2, 0.25) is 0 Å². The van der Waals surface area contributed by atoms with E-state index >= 15 is 0 Å². The van der Waals surface area contributed by atoms with Crippen LogP contribution in [-0.2, 0) is 11.3 Å². The van der Waals surface area contributed by atoms with Gasteiger partial charge in [-0.1, -0.05) is 0 Å². The van der Waals surface area contributed by atoms with Crippen molar-refractivity contribution in [3.63, 3.8) is 0 Å². The number of hydrogen-bond acceptors (Lipinski definition) is 3. The standard InChI is InChI=1S/C9H14N2O2S/c1-3-13-7(2)6-11-5-4-8(12)10-9(11)14/h4-5,7H,3,6H2,1-2H3,(H,10,12,14). The van der Waals surface area contributed by atoms with E-state index in [1.807, 2.05) is 13.8 Å². The molecule has 0 aliphatic carbocycles. The molecule has 1 unspecified atom stereocenters. The zero-order chi connectivity index (χ0) is 10.6. The zero-order valence-electron chi connectivity index (χ0n) is 8.32. The van der Waals surface area contributed by atoms with Crippen molar-refractivity contribution in [2.24, 2.45) is 0 Å². The fourth-order valence-corrected chi connectivity index (χ4v) is 1.44. The first-order chi connectivity index (χ1) is 6.63. The molecule has 0 aliphatic heterocycles. The van der Waals surface area contributed by atoms with E-state index in [2.05, 4.69) is 4.98 Å². The summed E-state index contributed by atoms with van der Waals surface area (Å²) in [6.07, 6.45) is 1.77. The van der Waals surface area contributed by atoms with Gasteiger partial charge in [-0.25, -0.2) is 0 Å². The number of hydrogen-bond donors (Lipinski definition) is 1. The van der Waals surface area contributed by atoms with Gasteiger partial charge < -0.3 is 9.30 Å². The Kier molecular flexibility index (Phi) is 4.03. The van der Waals surface area contributed by atoms with E-state index in [0.29, 0.717) is 17.9 Å². The Hall–Kier alpha value is -0.940. The van der Waals surface area contributed by atoms with Gasteiger partial charge in [0, 0.05) is 18.9 Å². The predicted octanol–water partition coefficient (Wildman–Crippen LogP) is 1.33. The second-order valence-electron chi connectivity index (χ2n) is 3.03. The summed E-state index contributed by atoms with van der Waals surface area (Å²) in [5.41, 5.74) is -0.171. The van der Waals surface area contributed by atoms with Crippen molar-refractivity contribution in [2.45, 2.75) is 26.5 Å². The van der Waals surface area contributed by atoms with Crippen LogP contribution in [0.3, 0.4) is 0 Å². The lowest BCUT2D eigenvalue weighted by atomic mass is 10.4. The molecule has 0 bridgehead atoms. The number of aromatic amines is 1. The third-order valence-corrected chi connectivity index (χ3v) is 2.14. The molecule has 1 atom stereocenters. The Bertz CT molecular complexity index is 396. The molecule has 4 nitrogen and oxygen atoms in total. The van der Waals surface area contributed by atoms with Crippen molar-refractivity contribution in [1.29, 1.82) is 0 Å². The van der Waals surface area contributed by atoms with E-state index in [1.165, 1.54) is 6.07 Å². The number of H-pyrrole nitrogens is 1. The van der Waals surface area contributed by atoms with Crippen molar-refractivity contribution < 1.29 is 4.74 Å². The molecule has 1 heterocycles. The highest BCUT2D eigenvalue weighted by atomic mass is 32.1. The minimum atomic E-state index is -0.171. The van der Waals surface area contributed by atoms with Gasteiger partial charge in [-0.2, -0.15) is 0 Å². The number of ether oxygens (including phenoxy) is 1. The van der Waals surface area contributed by atoms with Crippen molar-refractivity contribution in [2.75, 3.05) is 6.61 Å². The Balaban J connectivity index is 2.77. The summed E-state index contributed by atoms with van der Waals surface area (Å²) >= 11 is 4.99. The van der Waals surface area contributed by atoms with Gasteiger partial charge in [0.15, 0.2) is 4.77 Å². The zero-order valence-corrected chi connectivity index (χ0v) is 9.13. The summed E-state index contributed by atoms with van der Waals surface area (Å²) in [6.45, 7) is 5.25. The van der Waals surface area contributed by atoms with E-state index in [0.717, 1.165) is 0 Å². The maximum Gasteiger partial charge on any atom is 0.251 e. The lowest BCUT2D eigenvalue weighted by Crippen LogP contribution is -2.19. The second-order valence-corrected chi connectivity index (χ2v) is 3.42. The van der Waals surface area contributed by atoms with Gasteiger partial charge in [0.1, 0.15) is 0 Å². The number of nitrogens with zero attached hydrogens (tertiary/aromatic N) is 1. The summed E-state index contributed by atoms with van der Waals surface area (Å²) in [5, 5.41) is 0. The topological polar surface area (TPSA) is 47.0 Å². The Labute approximate surface area is 87.5 Å². The summed E-state index contributed by atoms with van der Waals surface area (Å²) < 4.78 is 7.59. The maximum absolute atomic E-state index is 10.9. The molecule has 14 heavy (non-hydrogen) atoms. The molecule has 0 amide bonds. The van der Waals surface area contributed by atoms with Gasteiger partial charge >= 0.3 is 0 Å². The molecule has 0 saturated heterocycles. The van der Waals surface area contributed by atoms with Crippen LogP contribution in [0, 0.1) is 4.77 Å². The highest BCUT2D eigenvalue weighted by molar-refractivity contribution is 7.71. The van der Waals surface area contributed by atoms with Crippen LogP contribution in [0.1, 0.15) is 13.8 Å². The first-order valence-corrected chi connectivity index (χ1v) is 4.95. The van der Waals surface area contributed by atoms with Crippen LogP contribution < -0.4 is 5.56 Å². The summed E-state index contributed by atoms with van der Waals surface area (Å²) in [6, 6.07) is 1.45. The molecule has 0 radical (unpaired) electrons. The molecule has 0 fully saturated rings. The molecule has 1 aromatic heterocycles. The predicted molar refractivity (Wildman–Crippen MR) is 57.0 cm³/mol. The third-order valence-electron chi connectivity index (χ3n) is 1.80. The SMILES string of the molecule is CCOC(C)Cn1ccc(=O)[nH]c1=S. The van der Waals surface area contributed by atoms with Gasteiger partial charge in [-0.15, -0.1) is 0 Å². The van der Waals surface area contributed by atoms with Crippen LogP contribution >= 0.6 is 12.2 Å². The van der Waals surface area contributed by atoms with E-state index < -0.39 is 0 Å². The molecule has 0 spiro atoms. The Morgan fingerprint density at radius 1 is 1.71 bits per heavy atom. The summed E-state index contributed by atoms with van der Waals surface area (Å²) in [7, 11) is 0. The monoisotopic (exact) mass is 214 g/mol. The summed E-state index contributed by atoms with van der Waals surface area (Å²) in [5.74, 6) is 0. The van der Waals surface area contributed by atoms with Crippen molar-refractivity contribution in [3.05, 3.63) is 27.4 Å². The first kappa shape index (κ1) is 11.1. The maximum atomic E-state index is 10.9. The fourth-order valence-electron chi connectivity index (χ4n) is 1.20. The fraction of sp³-hybridized carbons (Fsp3) is 0.556. The van der Waals surface area contributed by atoms with Crippen molar-refractivity contribution >= 4 is 12.2 Å². The van der Waals surface area contributed by atoms with E-state index in [-0.39, 0.29) is 11.7 Å². The van der Waals surface area contributed by atoms with Gasteiger partial charge in [0.2, 0.25) is 0 Å². The molecule has 0 saturated carbocycles. The number of nitrogens with one attached hydrogen (secondary N) is 1. The van der Waals surface area contributed by atoms with E-state index in [4.69, 9.17) is 17.0 Å². The molecule has 1 rings (SSSR count). The quantitative estimate of drug-likeness (QED) is 0.769. The minimum absolute atomic E-state index is 0.0950. The Morgan fingerprint density at radius 2 is 2.43 bits per heavy atom. The molecule has 1 aromatic rings. The van der Waals surface area contributed by atoms with Crippen LogP contribution in [0.4, 0.5) is 0 Å². The highest BCUT2D eigenvalue weighted by Crippen LogP contribution is 1.96. The molecule has 0 aromatic carbocycles. The Morgan fingerprint density at radius 3 is 3.00 bits per heavy atom. The van der Waals surface area contributed by atoms with Crippen LogP contribution in [0.5, 0.6) is 0 Å². The molecule has 1 N–H and O–H groups in total. The molecular weight excluding hydrogens is 200 g/mol. The smallest absolute Gasteiger partial charge is 0.251 e. The molecule has 0 aliphatic rings. The minimum Gasteiger partial charge on any atom is -0.377 e. The average molecular weight is 214 g/mol. The molecule has 5 heteroatoms. The second kappa shape index (κ2) is 5.07. The third kappa shape index (κ3) is 3.08. The lowest BCUT2D eigenvalue weighted by Gasteiger charge is -2.13. The van der Waals surface area contributed by atoms with Crippen LogP contribution in [0.25, 0.3) is 0 Å². The first-order valence-electron chi connectivity index (χ1n) is 4.55. The van der Waals surface area contributed by atoms with Gasteiger partial charge in [-0.05, 0) is 26.1 Å². The van der Waals surface area contributed by atoms with E-state index in [9.17, 15) is 4.79 Å². The highest BCUT2D eigenvalue weighted by Gasteiger charge is 2.02. The summed E-state index contributed by atoms with van der Waals surface area (Å²) in [4.78, 5) is 13.4. The van der Waals surface area contributed by atoms with Crippen LogP contribution in [0.15, 0.2) is 17.1 Å². The largest absolute Gasteiger partial charge is 0.377 e. The van der Waals surface area contributed by atoms with Crippen LogP contribution in [-0.4, -0.2) is 22.3 Å². The van der Waals surface area contributed by atoms with Crippen molar-refractivity contribution in [1.82, 2.24) is 9.55 Å². The molecule has 78 valence electrons. The van der Waals surface area contributed by atoms with Crippen molar-refractivity contribution in [3.8, 4) is 0 Å². The number of aromatic nitrogens is 2. The van der Waals surface area contributed by atoms with Gasteiger partial charge in [0.25, 0.3) is 5.56 Å². The average Bonchev–Trinajstić information content (AvgIpc) is 2.10. The van der Waals surface area contributed by atoms with Gasteiger partial charge in [0.05, 0.1) is 12.6 Å². The molecular formula is C9H14N2O2S.